The second-order valence-electron chi connectivity index (χ2n) is 5.02. The molecule has 0 saturated heterocycles. The van der Waals surface area contributed by atoms with Gasteiger partial charge in [-0.25, -0.2) is 0 Å². The Balaban J connectivity index is 2.58. The molecule has 0 atom stereocenters. The number of ether oxygens (including phenoxy) is 2. The predicted octanol–water partition coefficient (Wildman–Crippen LogP) is 2.50. The summed E-state index contributed by atoms with van der Waals surface area (Å²) in [5.74, 6) is 0.886. The monoisotopic (exact) mass is 300 g/mol. The van der Waals surface area contributed by atoms with Crippen molar-refractivity contribution in [1.82, 2.24) is 4.57 Å². The number of hydrogen-bond donors (Lipinski definition) is 0. The van der Waals surface area contributed by atoms with E-state index in [4.69, 9.17) is 9.47 Å². The molecule has 2 aromatic rings. The summed E-state index contributed by atoms with van der Waals surface area (Å²) in [4.78, 5) is 17.3. The van der Waals surface area contributed by atoms with Crippen LogP contribution in [0.2, 0.25) is 0 Å². The Labute approximate surface area is 129 Å². The Bertz CT molecular complexity index is 733. The maximum Gasteiger partial charge on any atom is 0.267 e. The van der Waals surface area contributed by atoms with Gasteiger partial charge in [-0.1, -0.05) is 6.07 Å². The highest BCUT2D eigenvalue weighted by Crippen LogP contribution is 2.24. The zero-order valence-electron chi connectivity index (χ0n) is 13.2. The van der Waals surface area contributed by atoms with Crippen LogP contribution in [0.25, 0.3) is 0 Å². The SMILES string of the molecule is COc1ccc(OC)c(C(=O)n2ccccc2=NC(C)C)c1. The molecule has 0 fully saturated rings. The van der Waals surface area contributed by atoms with E-state index in [1.54, 1.807) is 37.6 Å². The Morgan fingerprint density at radius 2 is 1.91 bits per heavy atom. The number of carbonyl (C=O) groups is 1. The van der Waals surface area contributed by atoms with Crippen LogP contribution in [-0.4, -0.2) is 30.7 Å². The van der Waals surface area contributed by atoms with Crippen molar-refractivity contribution >= 4 is 5.91 Å². The summed E-state index contributed by atoms with van der Waals surface area (Å²) in [5, 5.41) is 0. The largest absolute Gasteiger partial charge is 0.497 e. The van der Waals surface area contributed by atoms with Gasteiger partial charge < -0.3 is 9.47 Å². The van der Waals surface area contributed by atoms with Crippen LogP contribution in [0.3, 0.4) is 0 Å². The zero-order chi connectivity index (χ0) is 16.1. The zero-order valence-corrected chi connectivity index (χ0v) is 13.2. The van der Waals surface area contributed by atoms with Crippen LogP contribution in [0.1, 0.15) is 24.2 Å². The van der Waals surface area contributed by atoms with E-state index < -0.39 is 0 Å². The van der Waals surface area contributed by atoms with Gasteiger partial charge in [-0.15, -0.1) is 0 Å². The molecule has 0 aliphatic carbocycles. The average Bonchev–Trinajstić information content (AvgIpc) is 2.53. The maximum atomic E-state index is 12.9. The number of hydrogen-bond acceptors (Lipinski definition) is 4. The molecular formula is C17H20N2O3. The first kappa shape index (κ1) is 15.8. The molecule has 116 valence electrons. The number of carbonyl (C=O) groups excluding carboxylic acids is 1. The van der Waals surface area contributed by atoms with Crippen LogP contribution in [0.15, 0.2) is 47.6 Å². The van der Waals surface area contributed by atoms with E-state index in [1.165, 1.54) is 11.7 Å². The van der Waals surface area contributed by atoms with E-state index >= 15 is 0 Å². The number of methoxy groups -OCH3 is 2. The molecule has 5 heteroatoms. The molecule has 1 aromatic heterocycles. The summed E-state index contributed by atoms with van der Waals surface area (Å²) < 4.78 is 12.0. The van der Waals surface area contributed by atoms with E-state index in [0.29, 0.717) is 22.6 Å². The van der Waals surface area contributed by atoms with Crippen LogP contribution < -0.4 is 15.0 Å². The van der Waals surface area contributed by atoms with Gasteiger partial charge in [0.2, 0.25) is 0 Å². The van der Waals surface area contributed by atoms with Crippen LogP contribution in [0.5, 0.6) is 11.5 Å². The van der Waals surface area contributed by atoms with Gasteiger partial charge in [0, 0.05) is 12.2 Å². The van der Waals surface area contributed by atoms with Crippen LogP contribution in [0, 0.1) is 0 Å². The number of aromatic nitrogens is 1. The number of rotatable bonds is 4. The standard InChI is InChI=1S/C17H20N2O3/c1-12(2)18-16-7-5-6-10-19(16)17(20)14-11-13(21-3)8-9-15(14)22-4/h5-12H,1-4H3. The van der Waals surface area contributed by atoms with Crippen molar-refractivity contribution in [2.24, 2.45) is 4.99 Å². The Hall–Kier alpha value is -2.56. The highest BCUT2D eigenvalue weighted by Gasteiger charge is 2.15. The van der Waals surface area contributed by atoms with E-state index in [0.717, 1.165) is 0 Å². The topological polar surface area (TPSA) is 52.8 Å². The van der Waals surface area contributed by atoms with Crippen molar-refractivity contribution in [2.75, 3.05) is 14.2 Å². The van der Waals surface area contributed by atoms with Crippen LogP contribution in [0.4, 0.5) is 0 Å². The molecule has 2 rings (SSSR count). The molecule has 1 heterocycles. The number of benzene rings is 1. The minimum atomic E-state index is -0.212. The molecule has 0 aliphatic heterocycles. The normalized spacial score (nSPS) is 11.6. The summed E-state index contributed by atoms with van der Waals surface area (Å²) in [5.41, 5.74) is 1.03. The summed E-state index contributed by atoms with van der Waals surface area (Å²) in [7, 11) is 3.10. The first-order valence-electron chi connectivity index (χ1n) is 7.05. The fourth-order valence-corrected chi connectivity index (χ4v) is 2.09. The minimum absolute atomic E-state index is 0.0913. The second-order valence-corrected chi connectivity index (χ2v) is 5.02. The number of nitrogens with zero attached hydrogens (tertiary/aromatic N) is 2. The predicted molar refractivity (Wildman–Crippen MR) is 84.4 cm³/mol. The van der Waals surface area contributed by atoms with Crippen LogP contribution in [-0.2, 0) is 0 Å². The van der Waals surface area contributed by atoms with E-state index in [1.807, 2.05) is 26.0 Å². The molecule has 0 N–H and O–H groups in total. The van der Waals surface area contributed by atoms with Crippen molar-refractivity contribution in [3.63, 3.8) is 0 Å². The molecule has 0 saturated carbocycles. The Kier molecular flexibility index (Phi) is 4.99. The highest BCUT2D eigenvalue weighted by molar-refractivity contribution is 5.98. The lowest BCUT2D eigenvalue weighted by Crippen LogP contribution is -2.28. The third-order valence-electron chi connectivity index (χ3n) is 3.08. The van der Waals surface area contributed by atoms with Gasteiger partial charge in [0.15, 0.2) is 0 Å². The summed E-state index contributed by atoms with van der Waals surface area (Å²) in [6.45, 7) is 3.93. The molecule has 0 aliphatic rings. The van der Waals surface area contributed by atoms with Gasteiger partial charge in [-0.05, 0) is 44.2 Å². The van der Waals surface area contributed by atoms with Crippen molar-refractivity contribution in [3.8, 4) is 11.5 Å². The first-order valence-corrected chi connectivity index (χ1v) is 7.05. The third kappa shape index (κ3) is 3.36. The van der Waals surface area contributed by atoms with Crippen molar-refractivity contribution in [3.05, 3.63) is 53.6 Å². The van der Waals surface area contributed by atoms with Gasteiger partial charge >= 0.3 is 0 Å². The van der Waals surface area contributed by atoms with Crippen molar-refractivity contribution in [1.29, 1.82) is 0 Å². The Morgan fingerprint density at radius 3 is 2.55 bits per heavy atom. The van der Waals surface area contributed by atoms with Crippen molar-refractivity contribution < 1.29 is 14.3 Å². The summed E-state index contributed by atoms with van der Waals surface area (Å²) in [6, 6.07) is 10.7. The van der Waals surface area contributed by atoms with Gasteiger partial charge in [0.25, 0.3) is 5.91 Å². The molecule has 0 radical (unpaired) electrons. The molecule has 0 spiro atoms. The fourth-order valence-electron chi connectivity index (χ4n) is 2.09. The lowest BCUT2D eigenvalue weighted by molar-refractivity contribution is 0.0951. The Morgan fingerprint density at radius 1 is 1.14 bits per heavy atom. The van der Waals surface area contributed by atoms with Crippen molar-refractivity contribution in [2.45, 2.75) is 19.9 Å². The lowest BCUT2D eigenvalue weighted by Gasteiger charge is -2.12. The highest BCUT2D eigenvalue weighted by atomic mass is 16.5. The van der Waals surface area contributed by atoms with E-state index in [9.17, 15) is 4.79 Å². The summed E-state index contributed by atoms with van der Waals surface area (Å²) in [6.07, 6.45) is 1.70. The quantitative estimate of drug-likeness (QED) is 0.871. The molecule has 0 amide bonds. The molecule has 22 heavy (non-hydrogen) atoms. The average molecular weight is 300 g/mol. The van der Waals surface area contributed by atoms with Crippen LogP contribution >= 0.6 is 0 Å². The second kappa shape index (κ2) is 6.93. The lowest BCUT2D eigenvalue weighted by atomic mass is 10.1. The first-order chi connectivity index (χ1) is 10.6. The van der Waals surface area contributed by atoms with Gasteiger partial charge in [-0.2, -0.15) is 0 Å². The number of pyridine rings is 1. The summed E-state index contributed by atoms with van der Waals surface area (Å²) >= 11 is 0. The maximum absolute atomic E-state index is 12.9. The van der Waals surface area contributed by atoms with Gasteiger partial charge in [0.1, 0.15) is 17.0 Å². The van der Waals surface area contributed by atoms with Gasteiger partial charge in [-0.3, -0.25) is 14.4 Å². The van der Waals surface area contributed by atoms with E-state index in [2.05, 4.69) is 4.99 Å². The molecule has 0 bridgehead atoms. The molecule has 0 unspecified atom stereocenters. The minimum Gasteiger partial charge on any atom is -0.497 e. The third-order valence-corrected chi connectivity index (χ3v) is 3.08. The molecule has 5 nitrogen and oxygen atoms in total. The van der Waals surface area contributed by atoms with Gasteiger partial charge in [0.05, 0.1) is 19.8 Å². The van der Waals surface area contributed by atoms with E-state index in [-0.39, 0.29) is 11.9 Å². The smallest absolute Gasteiger partial charge is 0.267 e. The molecular weight excluding hydrogens is 280 g/mol. The fraction of sp³-hybridized carbons (Fsp3) is 0.294. The molecule has 1 aromatic carbocycles.